The fraction of sp³-hybridized carbons (Fsp3) is 0.368. The van der Waals surface area contributed by atoms with Gasteiger partial charge in [-0.2, -0.15) is 15.0 Å². The predicted octanol–water partition coefficient (Wildman–Crippen LogP) is 1.74. The van der Waals surface area contributed by atoms with Gasteiger partial charge in [-0.15, -0.1) is 0 Å². The molecule has 2 fully saturated rings. The molecule has 2 aromatic rings. The van der Waals surface area contributed by atoms with Gasteiger partial charge in [0, 0.05) is 11.7 Å². The standard InChI is InChI=1S/C19H21N7O3/c1-11-6-8-12(9-7-11)21-18-23-14(22-17(20)24-18)10-25-15(27)16(28)26(19(25)29)13-4-2-3-5-13/h6-9,13H,2-5,10H2,1H3,(H3,20,21,22,23,24). The van der Waals surface area contributed by atoms with Crippen LogP contribution in [0.5, 0.6) is 0 Å². The van der Waals surface area contributed by atoms with Crippen molar-refractivity contribution in [1.82, 2.24) is 24.8 Å². The van der Waals surface area contributed by atoms with Crippen LogP contribution in [0.4, 0.5) is 22.4 Å². The molecule has 0 bridgehead atoms. The molecule has 0 atom stereocenters. The number of amides is 4. The summed E-state index contributed by atoms with van der Waals surface area (Å²) in [6.45, 7) is 1.73. The van der Waals surface area contributed by atoms with Crippen molar-refractivity contribution in [2.24, 2.45) is 0 Å². The van der Waals surface area contributed by atoms with Crippen LogP contribution < -0.4 is 11.1 Å². The minimum Gasteiger partial charge on any atom is -0.368 e. The summed E-state index contributed by atoms with van der Waals surface area (Å²) in [7, 11) is 0. The van der Waals surface area contributed by atoms with Crippen LogP contribution in [-0.4, -0.2) is 48.6 Å². The number of nitrogens with two attached hydrogens (primary N) is 1. The second-order valence-corrected chi connectivity index (χ2v) is 7.21. The fourth-order valence-electron chi connectivity index (χ4n) is 3.62. The Hall–Kier alpha value is -3.56. The van der Waals surface area contributed by atoms with Crippen molar-refractivity contribution >= 4 is 35.4 Å². The second-order valence-electron chi connectivity index (χ2n) is 7.21. The maximum absolute atomic E-state index is 12.7. The molecule has 3 N–H and O–H groups in total. The summed E-state index contributed by atoms with van der Waals surface area (Å²) in [6.07, 6.45) is 3.33. The zero-order chi connectivity index (χ0) is 20.5. The molecule has 0 unspecified atom stereocenters. The number of anilines is 3. The molecular formula is C19H21N7O3. The molecule has 2 heterocycles. The summed E-state index contributed by atoms with van der Waals surface area (Å²) >= 11 is 0. The summed E-state index contributed by atoms with van der Waals surface area (Å²) in [5.41, 5.74) is 7.63. The molecule has 1 saturated carbocycles. The third-order valence-electron chi connectivity index (χ3n) is 5.08. The maximum atomic E-state index is 12.7. The van der Waals surface area contributed by atoms with Crippen molar-refractivity contribution in [3.63, 3.8) is 0 Å². The van der Waals surface area contributed by atoms with Crippen LogP contribution in [-0.2, 0) is 16.1 Å². The lowest BCUT2D eigenvalue weighted by molar-refractivity contribution is -0.144. The van der Waals surface area contributed by atoms with Gasteiger partial charge in [-0.05, 0) is 31.9 Å². The van der Waals surface area contributed by atoms with Gasteiger partial charge in [-0.3, -0.25) is 14.5 Å². The summed E-state index contributed by atoms with van der Waals surface area (Å²) in [5, 5.41) is 3.01. The minimum absolute atomic E-state index is 0.0531. The number of carbonyl (C=O) groups excluding carboxylic acids is 3. The van der Waals surface area contributed by atoms with E-state index in [9.17, 15) is 14.4 Å². The number of urea groups is 1. The van der Waals surface area contributed by atoms with Crippen molar-refractivity contribution in [3.05, 3.63) is 35.7 Å². The van der Waals surface area contributed by atoms with Crippen molar-refractivity contribution in [2.75, 3.05) is 11.1 Å². The van der Waals surface area contributed by atoms with Crippen LogP contribution in [0, 0.1) is 6.92 Å². The topological polar surface area (TPSA) is 134 Å². The second kappa shape index (κ2) is 7.46. The molecule has 1 aliphatic carbocycles. The summed E-state index contributed by atoms with van der Waals surface area (Å²) < 4.78 is 0. The van der Waals surface area contributed by atoms with Gasteiger partial charge in [0.15, 0.2) is 5.82 Å². The number of hydrogen-bond acceptors (Lipinski definition) is 8. The normalized spacial score (nSPS) is 17.5. The molecule has 1 aliphatic heterocycles. The molecule has 1 aromatic carbocycles. The Bertz CT molecular complexity index is 970. The molecule has 10 heteroatoms. The fourth-order valence-corrected chi connectivity index (χ4v) is 3.62. The van der Waals surface area contributed by atoms with Crippen LogP contribution in [0.15, 0.2) is 24.3 Å². The summed E-state index contributed by atoms with van der Waals surface area (Å²) in [4.78, 5) is 51.6. The number of benzene rings is 1. The predicted molar refractivity (Wildman–Crippen MR) is 104 cm³/mol. The number of aryl methyl sites for hydroxylation is 1. The van der Waals surface area contributed by atoms with E-state index in [0.29, 0.717) is 0 Å². The molecule has 150 valence electrons. The number of rotatable bonds is 5. The monoisotopic (exact) mass is 395 g/mol. The molecule has 0 radical (unpaired) electrons. The van der Waals surface area contributed by atoms with Gasteiger partial charge in [0.2, 0.25) is 11.9 Å². The highest BCUT2D eigenvalue weighted by Gasteiger charge is 2.48. The van der Waals surface area contributed by atoms with Crippen LogP contribution in [0.2, 0.25) is 0 Å². The van der Waals surface area contributed by atoms with E-state index in [0.717, 1.165) is 46.7 Å². The van der Waals surface area contributed by atoms with E-state index in [1.165, 1.54) is 0 Å². The van der Waals surface area contributed by atoms with E-state index >= 15 is 0 Å². The molecule has 1 aromatic heterocycles. The number of aromatic nitrogens is 3. The first kappa shape index (κ1) is 18.8. The van der Waals surface area contributed by atoms with Crippen molar-refractivity contribution in [3.8, 4) is 0 Å². The van der Waals surface area contributed by atoms with Gasteiger partial charge in [-0.25, -0.2) is 9.69 Å². The largest absolute Gasteiger partial charge is 0.368 e. The SMILES string of the molecule is Cc1ccc(Nc2nc(N)nc(CN3C(=O)C(=O)N(C4CCCC4)C3=O)n2)cc1. The molecular weight excluding hydrogens is 374 g/mol. The van der Waals surface area contributed by atoms with Crippen molar-refractivity contribution in [2.45, 2.75) is 45.2 Å². The van der Waals surface area contributed by atoms with E-state index < -0.39 is 17.8 Å². The first-order valence-corrected chi connectivity index (χ1v) is 9.45. The van der Waals surface area contributed by atoms with Gasteiger partial charge in [-0.1, -0.05) is 30.5 Å². The number of nitrogens with one attached hydrogen (secondary N) is 1. The van der Waals surface area contributed by atoms with Crippen LogP contribution in [0.1, 0.15) is 37.1 Å². The van der Waals surface area contributed by atoms with Gasteiger partial charge < -0.3 is 11.1 Å². The van der Waals surface area contributed by atoms with Gasteiger partial charge >= 0.3 is 17.8 Å². The van der Waals surface area contributed by atoms with E-state index in [4.69, 9.17) is 5.73 Å². The number of carbonyl (C=O) groups is 3. The highest BCUT2D eigenvalue weighted by Crippen LogP contribution is 2.28. The Morgan fingerprint density at radius 2 is 1.72 bits per heavy atom. The Kier molecular flexibility index (Phi) is 4.83. The first-order chi connectivity index (χ1) is 13.9. The Labute approximate surface area is 167 Å². The number of nitrogen functional groups attached to an aromatic ring is 1. The molecule has 4 rings (SSSR count). The highest BCUT2D eigenvalue weighted by molar-refractivity contribution is 6.44. The molecule has 29 heavy (non-hydrogen) atoms. The van der Waals surface area contributed by atoms with Crippen molar-refractivity contribution in [1.29, 1.82) is 0 Å². The zero-order valence-electron chi connectivity index (χ0n) is 16.0. The lowest BCUT2D eigenvalue weighted by atomic mass is 10.2. The smallest absolute Gasteiger partial charge is 0.334 e. The van der Waals surface area contributed by atoms with E-state index in [1.54, 1.807) is 0 Å². The van der Waals surface area contributed by atoms with Gasteiger partial charge in [0.05, 0.1) is 6.54 Å². The Morgan fingerprint density at radius 1 is 1.03 bits per heavy atom. The molecule has 0 spiro atoms. The minimum atomic E-state index is -0.867. The highest BCUT2D eigenvalue weighted by atomic mass is 16.2. The van der Waals surface area contributed by atoms with Crippen molar-refractivity contribution < 1.29 is 14.4 Å². The van der Waals surface area contributed by atoms with Crippen LogP contribution in [0.3, 0.4) is 0 Å². The lowest BCUT2D eigenvalue weighted by Crippen LogP contribution is -2.39. The number of imide groups is 2. The van der Waals surface area contributed by atoms with Crippen LogP contribution >= 0.6 is 0 Å². The quantitative estimate of drug-likeness (QED) is 0.577. The average Bonchev–Trinajstić information content (AvgIpc) is 3.27. The van der Waals surface area contributed by atoms with Gasteiger partial charge in [0.25, 0.3) is 0 Å². The first-order valence-electron chi connectivity index (χ1n) is 9.45. The number of nitrogens with zero attached hydrogens (tertiary/aromatic N) is 5. The Morgan fingerprint density at radius 3 is 2.41 bits per heavy atom. The maximum Gasteiger partial charge on any atom is 0.334 e. The third kappa shape index (κ3) is 3.73. The summed E-state index contributed by atoms with van der Waals surface area (Å²) in [5.74, 6) is -1.40. The van der Waals surface area contributed by atoms with Gasteiger partial charge in [0.1, 0.15) is 0 Å². The van der Waals surface area contributed by atoms with Crippen LogP contribution in [0.25, 0.3) is 0 Å². The number of hydrogen-bond donors (Lipinski definition) is 2. The van der Waals surface area contributed by atoms with E-state index in [2.05, 4.69) is 20.3 Å². The molecule has 4 amide bonds. The zero-order valence-corrected chi connectivity index (χ0v) is 16.0. The summed E-state index contributed by atoms with van der Waals surface area (Å²) in [6, 6.07) is 6.74. The average molecular weight is 395 g/mol. The van der Waals surface area contributed by atoms with E-state index in [1.807, 2.05) is 31.2 Å². The molecule has 1 saturated heterocycles. The Balaban J connectivity index is 1.53. The van der Waals surface area contributed by atoms with E-state index in [-0.39, 0.29) is 30.3 Å². The molecule has 10 nitrogen and oxygen atoms in total. The lowest BCUT2D eigenvalue weighted by Gasteiger charge is -2.20. The molecule has 2 aliphatic rings. The third-order valence-corrected chi connectivity index (χ3v) is 5.08.